The van der Waals surface area contributed by atoms with Crippen LogP contribution < -0.4 is 14.8 Å². The first-order chi connectivity index (χ1) is 11.5. The second kappa shape index (κ2) is 6.95. The Bertz CT molecular complexity index is 722. The van der Waals surface area contributed by atoms with Crippen LogP contribution in [0.1, 0.15) is 41.4 Å². The van der Waals surface area contributed by atoms with Gasteiger partial charge in [-0.2, -0.15) is 0 Å². The van der Waals surface area contributed by atoms with E-state index in [4.69, 9.17) is 9.47 Å². The average Bonchev–Trinajstić information content (AvgIpc) is 2.59. The van der Waals surface area contributed by atoms with Gasteiger partial charge in [-0.05, 0) is 42.7 Å². The van der Waals surface area contributed by atoms with E-state index in [9.17, 15) is 4.79 Å². The summed E-state index contributed by atoms with van der Waals surface area (Å²) in [6.07, 6.45) is 0. The molecule has 4 heteroatoms. The minimum absolute atomic E-state index is 0.0661. The van der Waals surface area contributed by atoms with Crippen LogP contribution in [0.4, 0.5) is 0 Å². The van der Waals surface area contributed by atoms with Gasteiger partial charge in [-0.15, -0.1) is 0 Å². The van der Waals surface area contributed by atoms with Gasteiger partial charge in [-0.1, -0.05) is 37.6 Å². The Morgan fingerprint density at radius 3 is 2.33 bits per heavy atom. The Kier molecular flexibility index (Phi) is 4.74. The summed E-state index contributed by atoms with van der Waals surface area (Å²) in [7, 11) is 0. The molecular weight excluding hydrogens is 302 g/mol. The molecule has 1 amide bonds. The molecule has 24 heavy (non-hydrogen) atoms. The van der Waals surface area contributed by atoms with E-state index in [0.717, 1.165) is 22.6 Å². The summed E-state index contributed by atoms with van der Waals surface area (Å²) in [5, 5.41) is 3.14. The first-order valence-electron chi connectivity index (χ1n) is 8.31. The molecule has 0 radical (unpaired) electrons. The van der Waals surface area contributed by atoms with Gasteiger partial charge < -0.3 is 14.8 Å². The van der Waals surface area contributed by atoms with Crippen molar-refractivity contribution >= 4 is 5.91 Å². The van der Waals surface area contributed by atoms with Crippen molar-refractivity contribution in [2.24, 2.45) is 5.92 Å². The highest BCUT2D eigenvalue weighted by atomic mass is 16.6. The quantitative estimate of drug-likeness (QED) is 0.927. The predicted molar refractivity (Wildman–Crippen MR) is 93.7 cm³/mol. The molecule has 2 aromatic rings. The maximum Gasteiger partial charge on any atom is 0.251 e. The molecule has 0 spiro atoms. The van der Waals surface area contributed by atoms with Gasteiger partial charge in [0.15, 0.2) is 11.5 Å². The van der Waals surface area contributed by atoms with Crippen molar-refractivity contribution in [2.45, 2.75) is 26.8 Å². The summed E-state index contributed by atoms with van der Waals surface area (Å²) in [5.41, 5.74) is 2.83. The number of ether oxygens (including phenoxy) is 2. The summed E-state index contributed by atoms with van der Waals surface area (Å²) < 4.78 is 11.2. The number of hydrogen-bond acceptors (Lipinski definition) is 3. The first-order valence-corrected chi connectivity index (χ1v) is 8.31. The molecule has 3 rings (SSSR count). The van der Waals surface area contributed by atoms with E-state index in [2.05, 4.69) is 19.2 Å². The molecule has 126 valence electrons. The van der Waals surface area contributed by atoms with E-state index in [0.29, 0.717) is 18.8 Å². The number of fused-ring (bicyclic) bond motifs is 1. The SMILES string of the molecule is Cc1ccc(C(=O)NC(c2ccc3c(c2)OCCO3)C(C)C)cc1. The van der Waals surface area contributed by atoms with Gasteiger partial charge >= 0.3 is 0 Å². The maximum atomic E-state index is 12.6. The van der Waals surface area contributed by atoms with E-state index < -0.39 is 0 Å². The highest BCUT2D eigenvalue weighted by Gasteiger charge is 2.22. The number of benzene rings is 2. The molecule has 1 unspecified atom stereocenters. The number of carbonyl (C=O) groups excluding carboxylic acids is 1. The standard InChI is InChI=1S/C20H23NO3/c1-13(2)19(21-20(22)15-6-4-14(3)5-7-15)16-8-9-17-18(12-16)24-11-10-23-17/h4-9,12-13,19H,10-11H2,1-3H3,(H,21,22). The Morgan fingerprint density at radius 2 is 1.67 bits per heavy atom. The lowest BCUT2D eigenvalue weighted by Gasteiger charge is -2.25. The summed E-state index contributed by atoms with van der Waals surface area (Å²) in [4.78, 5) is 12.6. The smallest absolute Gasteiger partial charge is 0.251 e. The number of carbonyl (C=O) groups is 1. The molecule has 2 aromatic carbocycles. The number of rotatable bonds is 4. The molecule has 1 N–H and O–H groups in total. The number of nitrogens with one attached hydrogen (secondary N) is 1. The van der Waals surface area contributed by atoms with Gasteiger partial charge in [0, 0.05) is 5.56 Å². The van der Waals surface area contributed by atoms with Gasteiger partial charge in [-0.25, -0.2) is 0 Å². The maximum absolute atomic E-state index is 12.6. The van der Waals surface area contributed by atoms with Crippen LogP contribution in [0, 0.1) is 12.8 Å². The predicted octanol–water partition coefficient (Wildman–Crippen LogP) is 3.89. The van der Waals surface area contributed by atoms with Gasteiger partial charge in [-0.3, -0.25) is 4.79 Å². The topological polar surface area (TPSA) is 47.6 Å². The van der Waals surface area contributed by atoms with E-state index in [1.54, 1.807) is 0 Å². The van der Waals surface area contributed by atoms with Crippen LogP contribution in [-0.4, -0.2) is 19.1 Å². The van der Waals surface area contributed by atoms with Crippen molar-refractivity contribution in [2.75, 3.05) is 13.2 Å². The van der Waals surface area contributed by atoms with Gasteiger partial charge in [0.25, 0.3) is 5.91 Å². The largest absolute Gasteiger partial charge is 0.486 e. The third kappa shape index (κ3) is 3.53. The van der Waals surface area contributed by atoms with Crippen LogP contribution in [-0.2, 0) is 0 Å². The number of amides is 1. The second-order valence-electron chi connectivity index (χ2n) is 6.46. The fraction of sp³-hybridized carbons (Fsp3) is 0.350. The Hall–Kier alpha value is -2.49. The first kappa shape index (κ1) is 16.4. The van der Waals surface area contributed by atoms with Crippen molar-refractivity contribution < 1.29 is 14.3 Å². The van der Waals surface area contributed by atoms with Crippen molar-refractivity contribution in [1.82, 2.24) is 5.32 Å². The summed E-state index contributed by atoms with van der Waals surface area (Å²) in [6, 6.07) is 13.4. The van der Waals surface area contributed by atoms with Crippen LogP contribution in [0.15, 0.2) is 42.5 Å². The van der Waals surface area contributed by atoms with Crippen LogP contribution in [0.25, 0.3) is 0 Å². The van der Waals surface area contributed by atoms with Crippen LogP contribution >= 0.6 is 0 Å². The lowest BCUT2D eigenvalue weighted by molar-refractivity contribution is 0.0925. The van der Waals surface area contributed by atoms with Gasteiger partial charge in [0.2, 0.25) is 0 Å². The second-order valence-corrected chi connectivity index (χ2v) is 6.46. The lowest BCUT2D eigenvalue weighted by atomic mass is 9.95. The molecule has 4 nitrogen and oxygen atoms in total. The summed E-state index contributed by atoms with van der Waals surface area (Å²) >= 11 is 0. The Morgan fingerprint density at radius 1 is 1.00 bits per heavy atom. The zero-order valence-corrected chi connectivity index (χ0v) is 14.3. The van der Waals surface area contributed by atoms with Crippen LogP contribution in [0.2, 0.25) is 0 Å². The third-order valence-electron chi connectivity index (χ3n) is 4.19. The van der Waals surface area contributed by atoms with E-state index >= 15 is 0 Å². The van der Waals surface area contributed by atoms with Gasteiger partial charge in [0.1, 0.15) is 13.2 Å². The summed E-state index contributed by atoms with van der Waals surface area (Å²) in [6.45, 7) is 7.32. The van der Waals surface area contributed by atoms with Crippen LogP contribution in [0.3, 0.4) is 0 Å². The molecular formula is C20H23NO3. The minimum Gasteiger partial charge on any atom is -0.486 e. The molecule has 0 saturated heterocycles. The van der Waals surface area contributed by atoms with Crippen molar-refractivity contribution in [3.8, 4) is 11.5 Å². The normalized spacial score (nSPS) is 14.3. The van der Waals surface area contributed by atoms with E-state index in [1.807, 2.05) is 49.4 Å². The minimum atomic E-state index is -0.0883. The monoisotopic (exact) mass is 325 g/mol. The average molecular weight is 325 g/mol. The molecule has 1 aliphatic rings. The number of aryl methyl sites for hydroxylation is 1. The van der Waals surface area contributed by atoms with E-state index in [1.165, 1.54) is 0 Å². The molecule has 0 bridgehead atoms. The highest BCUT2D eigenvalue weighted by molar-refractivity contribution is 5.94. The Balaban J connectivity index is 1.82. The molecule has 1 atom stereocenters. The Labute approximate surface area is 142 Å². The third-order valence-corrected chi connectivity index (χ3v) is 4.19. The molecule has 0 aliphatic carbocycles. The molecule has 1 heterocycles. The molecule has 1 aliphatic heterocycles. The molecule has 0 saturated carbocycles. The zero-order valence-electron chi connectivity index (χ0n) is 14.3. The molecule has 0 aromatic heterocycles. The lowest BCUT2D eigenvalue weighted by Crippen LogP contribution is -2.31. The summed E-state index contributed by atoms with van der Waals surface area (Å²) in [5.74, 6) is 1.69. The fourth-order valence-electron chi connectivity index (χ4n) is 2.82. The van der Waals surface area contributed by atoms with Crippen molar-refractivity contribution in [1.29, 1.82) is 0 Å². The zero-order chi connectivity index (χ0) is 17.1. The molecule has 0 fully saturated rings. The fourth-order valence-corrected chi connectivity index (χ4v) is 2.82. The van der Waals surface area contributed by atoms with Crippen molar-refractivity contribution in [3.63, 3.8) is 0 Å². The van der Waals surface area contributed by atoms with Gasteiger partial charge in [0.05, 0.1) is 6.04 Å². The van der Waals surface area contributed by atoms with Crippen molar-refractivity contribution in [3.05, 3.63) is 59.2 Å². The number of hydrogen-bond donors (Lipinski definition) is 1. The highest BCUT2D eigenvalue weighted by Crippen LogP contribution is 2.34. The van der Waals surface area contributed by atoms with E-state index in [-0.39, 0.29) is 17.9 Å². The van der Waals surface area contributed by atoms with Crippen LogP contribution in [0.5, 0.6) is 11.5 Å².